The Kier molecular flexibility index (Phi) is 5.98. The molecule has 90 valence electrons. The van der Waals surface area contributed by atoms with Crippen LogP contribution in [0.2, 0.25) is 0 Å². The van der Waals surface area contributed by atoms with Crippen molar-refractivity contribution in [1.82, 2.24) is 0 Å². The smallest absolute Gasteiger partial charge is 0.127 e. The van der Waals surface area contributed by atoms with Crippen molar-refractivity contribution in [3.63, 3.8) is 0 Å². The summed E-state index contributed by atoms with van der Waals surface area (Å²) in [4.78, 5) is 0. The van der Waals surface area contributed by atoms with Gasteiger partial charge in [-0.25, -0.2) is 4.39 Å². The van der Waals surface area contributed by atoms with Crippen molar-refractivity contribution >= 4 is 31.9 Å². The lowest BCUT2D eigenvalue weighted by Gasteiger charge is -2.16. The van der Waals surface area contributed by atoms with Crippen LogP contribution in [0, 0.1) is 17.7 Å². The molecule has 0 aromatic heterocycles. The van der Waals surface area contributed by atoms with Gasteiger partial charge in [-0.15, -0.1) is 0 Å². The van der Waals surface area contributed by atoms with Gasteiger partial charge in [-0.2, -0.15) is 0 Å². The monoisotopic (exact) mass is 350 g/mol. The summed E-state index contributed by atoms with van der Waals surface area (Å²) in [6.45, 7) is 4.40. The molecule has 1 atom stereocenters. The normalized spacial score (nSPS) is 13.1. The van der Waals surface area contributed by atoms with E-state index < -0.39 is 0 Å². The van der Waals surface area contributed by atoms with E-state index in [1.165, 1.54) is 6.07 Å². The third kappa shape index (κ3) is 4.54. The highest BCUT2D eigenvalue weighted by Crippen LogP contribution is 2.22. The molecule has 0 saturated carbocycles. The average Bonchev–Trinajstić information content (AvgIpc) is 2.20. The van der Waals surface area contributed by atoms with Crippen LogP contribution < -0.4 is 0 Å². The Labute approximate surface area is 114 Å². The van der Waals surface area contributed by atoms with Gasteiger partial charge >= 0.3 is 0 Å². The third-order valence-electron chi connectivity index (χ3n) is 2.55. The first-order chi connectivity index (χ1) is 7.52. The van der Waals surface area contributed by atoms with E-state index in [2.05, 4.69) is 45.7 Å². The standard InChI is InChI=1S/C13H17Br2F/c1-9(2)5-10(8-14)6-11-3-4-12(15)7-13(11)16/h3-4,7,9-10H,5-6,8H2,1-2H3. The first-order valence-corrected chi connectivity index (χ1v) is 7.44. The quantitative estimate of drug-likeness (QED) is 0.640. The van der Waals surface area contributed by atoms with Crippen molar-refractivity contribution < 1.29 is 4.39 Å². The molecule has 0 saturated heterocycles. The first kappa shape index (κ1) is 14.2. The molecule has 0 heterocycles. The molecule has 0 bridgehead atoms. The van der Waals surface area contributed by atoms with Gasteiger partial charge in [0.05, 0.1) is 0 Å². The average molecular weight is 352 g/mol. The Hall–Kier alpha value is 0.110. The lowest BCUT2D eigenvalue weighted by Crippen LogP contribution is -2.10. The molecule has 3 heteroatoms. The lowest BCUT2D eigenvalue weighted by atomic mass is 9.92. The van der Waals surface area contributed by atoms with Gasteiger partial charge in [0, 0.05) is 9.80 Å². The van der Waals surface area contributed by atoms with Gasteiger partial charge in [-0.3, -0.25) is 0 Å². The number of rotatable bonds is 5. The van der Waals surface area contributed by atoms with Crippen LogP contribution in [0.3, 0.4) is 0 Å². The van der Waals surface area contributed by atoms with E-state index >= 15 is 0 Å². The van der Waals surface area contributed by atoms with Gasteiger partial charge in [-0.05, 0) is 42.4 Å². The number of alkyl halides is 1. The molecule has 0 radical (unpaired) electrons. The van der Waals surface area contributed by atoms with Crippen molar-refractivity contribution in [2.24, 2.45) is 11.8 Å². The number of halogens is 3. The molecule has 0 aliphatic rings. The molecular formula is C13H17Br2F. The molecule has 0 amide bonds. The van der Waals surface area contributed by atoms with Crippen LogP contribution in [0.1, 0.15) is 25.8 Å². The minimum Gasteiger partial charge on any atom is -0.207 e. The summed E-state index contributed by atoms with van der Waals surface area (Å²) in [5, 5.41) is 0.931. The number of benzene rings is 1. The van der Waals surface area contributed by atoms with Crippen LogP contribution in [-0.2, 0) is 6.42 Å². The number of hydrogen-bond acceptors (Lipinski definition) is 0. The molecule has 1 unspecified atom stereocenters. The summed E-state index contributed by atoms with van der Waals surface area (Å²) in [6, 6.07) is 5.31. The highest BCUT2D eigenvalue weighted by molar-refractivity contribution is 9.10. The second-order valence-electron chi connectivity index (χ2n) is 4.59. The summed E-state index contributed by atoms with van der Waals surface area (Å²) in [5.41, 5.74) is 0.813. The van der Waals surface area contributed by atoms with Gasteiger partial charge in [-0.1, -0.05) is 51.8 Å². The molecule has 0 nitrogen and oxygen atoms in total. The molecule has 0 N–H and O–H groups in total. The van der Waals surface area contributed by atoms with Crippen LogP contribution in [0.25, 0.3) is 0 Å². The fraction of sp³-hybridized carbons (Fsp3) is 0.538. The highest BCUT2D eigenvalue weighted by atomic mass is 79.9. The zero-order chi connectivity index (χ0) is 12.1. The minimum absolute atomic E-state index is 0.107. The molecule has 16 heavy (non-hydrogen) atoms. The third-order valence-corrected chi connectivity index (χ3v) is 3.96. The van der Waals surface area contributed by atoms with E-state index in [1.807, 2.05) is 12.1 Å². The predicted octanol–water partition coefficient (Wildman–Crippen LogP) is 5.19. The van der Waals surface area contributed by atoms with E-state index in [9.17, 15) is 4.39 Å². The van der Waals surface area contributed by atoms with Crippen LogP contribution >= 0.6 is 31.9 Å². The molecule has 1 rings (SSSR count). The lowest BCUT2D eigenvalue weighted by molar-refractivity contribution is 0.438. The van der Waals surface area contributed by atoms with E-state index in [1.54, 1.807) is 0 Å². The Morgan fingerprint density at radius 1 is 1.31 bits per heavy atom. The van der Waals surface area contributed by atoms with E-state index in [0.29, 0.717) is 11.8 Å². The summed E-state index contributed by atoms with van der Waals surface area (Å²) in [6.07, 6.45) is 1.93. The van der Waals surface area contributed by atoms with Gasteiger partial charge in [0.1, 0.15) is 5.82 Å². The summed E-state index contributed by atoms with van der Waals surface area (Å²) in [7, 11) is 0. The van der Waals surface area contributed by atoms with Crippen molar-refractivity contribution in [1.29, 1.82) is 0 Å². The largest absolute Gasteiger partial charge is 0.207 e. The van der Waals surface area contributed by atoms with Gasteiger partial charge in [0.25, 0.3) is 0 Å². The van der Waals surface area contributed by atoms with Crippen LogP contribution in [0.4, 0.5) is 4.39 Å². The van der Waals surface area contributed by atoms with Crippen molar-refractivity contribution in [3.05, 3.63) is 34.1 Å². The molecule has 0 aliphatic carbocycles. The molecule has 0 fully saturated rings. The van der Waals surface area contributed by atoms with Gasteiger partial charge in [0.2, 0.25) is 0 Å². The Morgan fingerprint density at radius 2 is 2.00 bits per heavy atom. The van der Waals surface area contributed by atoms with E-state index in [4.69, 9.17) is 0 Å². The first-order valence-electron chi connectivity index (χ1n) is 5.52. The van der Waals surface area contributed by atoms with Crippen molar-refractivity contribution in [2.75, 3.05) is 5.33 Å². The van der Waals surface area contributed by atoms with Gasteiger partial charge < -0.3 is 0 Å². The fourth-order valence-corrected chi connectivity index (χ4v) is 2.69. The second-order valence-corrected chi connectivity index (χ2v) is 6.15. The maximum Gasteiger partial charge on any atom is 0.127 e. The maximum absolute atomic E-state index is 13.6. The minimum atomic E-state index is -0.107. The second kappa shape index (κ2) is 6.75. The summed E-state index contributed by atoms with van der Waals surface area (Å²) in [5.74, 6) is 1.06. The Balaban J connectivity index is 2.70. The van der Waals surface area contributed by atoms with Crippen LogP contribution in [0.5, 0.6) is 0 Å². The molecule has 0 spiro atoms. The maximum atomic E-state index is 13.6. The molecule has 1 aromatic carbocycles. The van der Waals surface area contributed by atoms with Crippen molar-refractivity contribution in [3.8, 4) is 0 Å². The topological polar surface area (TPSA) is 0 Å². The molecule has 1 aromatic rings. The fourth-order valence-electron chi connectivity index (χ4n) is 1.87. The van der Waals surface area contributed by atoms with Crippen LogP contribution in [-0.4, -0.2) is 5.33 Å². The Bertz CT molecular complexity index is 337. The molecule has 0 aliphatic heterocycles. The van der Waals surface area contributed by atoms with E-state index in [-0.39, 0.29) is 5.82 Å². The van der Waals surface area contributed by atoms with E-state index in [0.717, 1.165) is 28.2 Å². The SMILES string of the molecule is CC(C)CC(CBr)Cc1ccc(Br)cc1F. The zero-order valence-corrected chi connectivity index (χ0v) is 12.8. The zero-order valence-electron chi connectivity index (χ0n) is 9.64. The molecular weight excluding hydrogens is 335 g/mol. The highest BCUT2D eigenvalue weighted by Gasteiger charge is 2.13. The Morgan fingerprint density at radius 3 is 2.50 bits per heavy atom. The van der Waals surface area contributed by atoms with Crippen molar-refractivity contribution in [2.45, 2.75) is 26.7 Å². The predicted molar refractivity (Wildman–Crippen MR) is 74.5 cm³/mol. The number of hydrogen-bond donors (Lipinski definition) is 0. The summed E-state index contributed by atoms with van der Waals surface area (Å²) >= 11 is 6.78. The van der Waals surface area contributed by atoms with Gasteiger partial charge in [0.15, 0.2) is 0 Å². The summed E-state index contributed by atoms with van der Waals surface area (Å²) < 4.78 is 14.4. The van der Waals surface area contributed by atoms with Crippen LogP contribution in [0.15, 0.2) is 22.7 Å².